The van der Waals surface area contributed by atoms with Crippen molar-refractivity contribution >= 4 is 10.8 Å². The molecular weight excluding hydrogens is 297 g/mol. The predicted molar refractivity (Wildman–Crippen MR) is 102 cm³/mol. The molecule has 0 saturated heterocycles. The first-order valence-electron chi connectivity index (χ1n) is 8.34. The van der Waals surface area contributed by atoms with E-state index in [4.69, 9.17) is 0 Å². The largest absolute Gasteiger partial charge is 0.293 e. The van der Waals surface area contributed by atoms with Crippen molar-refractivity contribution in [1.82, 2.24) is 4.90 Å². The van der Waals surface area contributed by atoms with Gasteiger partial charge in [-0.05, 0) is 50.2 Å². The maximum Gasteiger partial charge on any atom is 0.109 e. The molecule has 126 valence electrons. The van der Waals surface area contributed by atoms with E-state index in [1.54, 1.807) is 0 Å². The molecule has 0 aliphatic heterocycles. The second-order valence-corrected chi connectivity index (χ2v) is 7.10. The number of hydrogen-bond acceptors (Lipinski definition) is 1. The summed E-state index contributed by atoms with van der Waals surface area (Å²) in [5.41, 5.74) is 1.04. The second-order valence-electron chi connectivity index (χ2n) is 7.10. The molecule has 0 bridgehead atoms. The molecule has 2 aromatic rings. The van der Waals surface area contributed by atoms with Crippen LogP contribution in [-0.4, -0.2) is 25.2 Å². The van der Waals surface area contributed by atoms with Crippen LogP contribution in [0.5, 0.6) is 0 Å². The fourth-order valence-corrected chi connectivity index (χ4v) is 2.64. The highest BCUT2D eigenvalue weighted by molar-refractivity contribution is 5.86. The Bertz CT molecular complexity index is 753. The van der Waals surface area contributed by atoms with Crippen LogP contribution >= 0.6 is 0 Å². The van der Waals surface area contributed by atoms with Crippen molar-refractivity contribution in [2.24, 2.45) is 5.41 Å². The van der Waals surface area contributed by atoms with E-state index < -0.39 is 6.67 Å². The summed E-state index contributed by atoms with van der Waals surface area (Å²) in [6.07, 6.45) is 3.85. The molecule has 0 heterocycles. The Labute approximate surface area is 145 Å². The molecule has 0 aliphatic rings. The normalized spacial score (nSPS) is 13.2. The number of likely N-dealkylation sites (N-methyl/N-ethyl adjacent to an activating group) is 1. The van der Waals surface area contributed by atoms with E-state index in [9.17, 15) is 4.39 Å². The van der Waals surface area contributed by atoms with E-state index in [1.807, 2.05) is 48.4 Å². The minimum atomic E-state index is -0.411. The van der Waals surface area contributed by atoms with E-state index in [0.717, 1.165) is 16.3 Å². The summed E-state index contributed by atoms with van der Waals surface area (Å²) in [5.74, 6) is 6.22. The van der Waals surface area contributed by atoms with Gasteiger partial charge in [0.05, 0.1) is 6.04 Å². The second kappa shape index (κ2) is 8.13. The van der Waals surface area contributed by atoms with Gasteiger partial charge in [-0.15, -0.1) is 0 Å². The molecular formula is C22H26FN. The van der Waals surface area contributed by atoms with Gasteiger partial charge in [-0.3, -0.25) is 4.90 Å². The number of benzene rings is 2. The molecule has 1 atom stereocenters. The molecule has 0 unspecified atom stereocenters. The van der Waals surface area contributed by atoms with Crippen LogP contribution in [0.4, 0.5) is 4.39 Å². The van der Waals surface area contributed by atoms with Gasteiger partial charge in [0.15, 0.2) is 0 Å². The molecule has 2 heteroatoms. The van der Waals surface area contributed by atoms with Gasteiger partial charge in [-0.2, -0.15) is 0 Å². The van der Waals surface area contributed by atoms with Gasteiger partial charge in [0.2, 0.25) is 0 Å². The average Bonchev–Trinajstić information content (AvgIpc) is 2.54. The van der Waals surface area contributed by atoms with E-state index in [1.165, 1.54) is 0 Å². The number of hydrogen-bond donors (Lipinski definition) is 0. The van der Waals surface area contributed by atoms with Crippen LogP contribution in [0.15, 0.2) is 54.6 Å². The summed E-state index contributed by atoms with van der Waals surface area (Å²) in [6.45, 7) is 6.50. The van der Waals surface area contributed by atoms with Crippen LogP contribution in [-0.2, 0) is 0 Å². The van der Waals surface area contributed by atoms with Crippen molar-refractivity contribution in [2.75, 3.05) is 20.3 Å². The van der Waals surface area contributed by atoms with E-state index >= 15 is 0 Å². The van der Waals surface area contributed by atoms with Crippen LogP contribution in [0.2, 0.25) is 0 Å². The van der Waals surface area contributed by atoms with Gasteiger partial charge in [-0.25, -0.2) is 4.39 Å². The van der Waals surface area contributed by atoms with Crippen molar-refractivity contribution in [3.05, 3.63) is 60.2 Å². The highest BCUT2D eigenvalue weighted by atomic mass is 19.1. The predicted octanol–water partition coefficient (Wildman–Crippen LogP) is 5.39. The smallest absolute Gasteiger partial charge is 0.109 e. The highest BCUT2D eigenvalue weighted by Crippen LogP contribution is 2.28. The molecule has 0 aromatic heterocycles. The van der Waals surface area contributed by atoms with Crippen molar-refractivity contribution < 1.29 is 4.39 Å². The third-order valence-electron chi connectivity index (χ3n) is 3.90. The molecule has 0 aliphatic carbocycles. The Balaban J connectivity index is 2.15. The van der Waals surface area contributed by atoms with Gasteiger partial charge < -0.3 is 0 Å². The summed E-state index contributed by atoms with van der Waals surface area (Å²) < 4.78 is 13.8. The van der Waals surface area contributed by atoms with Crippen molar-refractivity contribution in [2.45, 2.75) is 26.8 Å². The third kappa shape index (κ3) is 4.94. The summed E-state index contributed by atoms with van der Waals surface area (Å²) >= 11 is 0. The fraction of sp³-hybridized carbons (Fsp3) is 0.364. The number of alkyl halides is 1. The maximum absolute atomic E-state index is 13.8. The molecule has 0 amide bonds. The molecule has 0 spiro atoms. The minimum absolute atomic E-state index is 0.000665. The summed E-state index contributed by atoms with van der Waals surface area (Å²) in [5, 5.41) is 2.26. The first-order valence-corrected chi connectivity index (χ1v) is 8.34. The first-order chi connectivity index (χ1) is 11.4. The van der Waals surface area contributed by atoms with Crippen molar-refractivity contribution in [1.29, 1.82) is 0 Å². The van der Waals surface area contributed by atoms with Crippen LogP contribution < -0.4 is 0 Å². The molecule has 24 heavy (non-hydrogen) atoms. The fourth-order valence-electron chi connectivity index (χ4n) is 2.64. The molecule has 0 saturated carbocycles. The Hall–Kier alpha value is -2.11. The molecule has 0 fully saturated rings. The highest BCUT2D eigenvalue weighted by Gasteiger charge is 2.18. The number of fused-ring (bicyclic) bond motifs is 1. The van der Waals surface area contributed by atoms with Gasteiger partial charge in [0.1, 0.15) is 6.67 Å². The van der Waals surface area contributed by atoms with Crippen LogP contribution in [0.3, 0.4) is 0 Å². The monoisotopic (exact) mass is 323 g/mol. The van der Waals surface area contributed by atoms with Crippen LogP contribution in [0.25, 0.3) is 10.8 Å². The Kier molecular flexibility index (Phi) is 6.17. The van der Waals surface area contributed by atoms with Crippen molar-refractivity contribution in [3.8, 4) is 11.8 Å². The lowest BCUT2D eigenvalue weighted by Gasteiger charge is -2.26. The van der Waals surface area contributed by atoms with Gasteiger partial charge in [-0.1, -0.05) is 60.4 Å². The van der Waals surface area contributed by atoms with Crippen LogP contribution in [0, 0.1) is 17.3 Å². The van der Waals surface area contributed by atoms with E-state index in [0.29, 0.717) is 6.54 Å². The zero-order chi connectivity index (χ0) is 17.6. The van der Waals surface area contributed by atoms with Crippen molar-refractivity contribution in [3.63, 3.8) is 0 Å². The van der Waals surface area contributed by atoms with Gasteiger partial charge in [0.25, 0.3) is 0 Å². The molecule has 0 N–H and O–H groups in total. The lowest BCUT2D eigenvalue weighted by Crippen LogP contribution is -2.26. The molecule has 1 nitrogen and oxygen atoms in total. The molecule has 2 aromatic carbocycles. The zero-order valence-electron chi connectivity index (χ0n) is 15.0. The number of allylic oxidation sites excluding steroid dienone is 1. The molecule has 2 rings (SSSR count). The number of rotatable bonds is 5. The summed E-state index contributed by atoms with van der Waals surface area (Å²) in [4.78, 5) is 2.02. The standard InChI is InChI=1S/C22H26FN/c1-22(2,3)15-8-5-9-16-24(4)21(17-23)20-14-10-12-18-11-6-7-13-19(18)20/h5-7,9-14,21H,16-17H2,1-4H3/b9-5+/t21-/m1/s1. The van der Waals surface area contributed by atoms with Gasteiger partial charge in [0, 0.05) is 12.0 Å². The third-order valence-corrected chi connectivity index (χ3v) is 3.90. The summed E-state index contributed by atoms with van der Waals surface area (Å²) in [6, 6.07) is 14.0. The number of nitrogens with zero attached hydrogens (tertiary/aromatic N) is 1. The minimum Gasteiger partial charge on any atom is -0.293 e. The SMILES string of the molecule is CN(C/C=C/C#CC(C)(C)C)[C@H](CF)c1cccc2ccccc12. The topological polar surface area (TPSA) is 3.24 Å². The first kappa shape index (κ1) is 18.2. The average molecular weight is 323 g/mol. The van der Waals surface area contributed by atoms with E-state index in [-0.39, 0.29) is 11.5 Å². The van der Waals surface area contributed by atoms with E-state index in [2.05, 4.69) is 50.8 Å². The lowest BCUT2D eigenvalue weighted by atomic mass is 9.98. The number of halogens is 1. The Morgan fingerprint density at radius 1 is 1.12 bits per heavy atom. The Morgan fingerprint density at radius 3 is 2.54 bits per heavy atom. The maximum atomic E-state index is 13.8. The molecule has 0 radical (unpaired) electrons. The van der Waals surface area contributed by atoms with Gasteiger partial charge >= 0.3 is 0 Å². The summed E-state index contributed by atoms with van der Waals surface area (Å²) in [7, 11) is 1.95. The zero-order valence-corrected chi connectivity index (χ0v) is 15.0. The van der Waals surface area contributed by atoms with Crippen LogP contribution in [0.1, 0.15) is 32.4 Å². The quantitative estimate of drug-likeness (QED) is 0.667. The Morgan fingerprint density at radius 2 is 1.83 bits per heavy atom. The lowest BCUT2D eigenvalue weighted by molar-refractivity contribution is 0.223.